The summed E-state index contributed by atoms with van der Waals surface area (Å²) < 4.78 is 4.69. The fourth-order valence-corrected chi connectivity index (χ4v) is 10.4. The lowest BCUT2D eigenvalue weighted by Crippen LogP contribution is -2.12. The Labute approximate surface area is 381 Å². The average molecular weight is 846 g/mol. The summed E-state index contributed by atoms with van der Waals surface area (Å²) in [5.41, 5.74) is 20.9. The molecule has 0 amide bonds. The van der Waals surface area contributed by atoms with Crippen molar-refractivity contribution in [3.8, 4) is 45.1 Å². The third kappa shape index (κ3) is 6.59. The second-order valence-corrected chi connectivity index (χ2v) is 20.3. The zero-order valence-corrected chi connectivity index (χ0v) is 39.1. The molecule has 11 rings (SSSR count). The van der Waals surface area contributed by atoms with E-state index in [1.165, 1.54) is 66.1 Å². The van der Waals surface area contributed by atoms with Crippen molar-refractivity contribution in [3.63, 3.8) is 0 Å². The number of aryl methyl sites for hydroxylation is 4. The van der Waals surface area contributed by atoms with E-state index in [4.69, 9.17) is 9.97 Å². The summed E-state index contributed by atoms with van der Waals surface area (Å²) in [4.78, 5) is 14.7. The first-order chi connectivity index (χ1) is 31.1. The lowest BCUT2D eigenvalue weighted by atomic mass is 9.85. The van der Waals surface area contributed by atoms with E-state index < -0.39 is 0 Å². The van der Waals surface area contributed by atoms with E-state index >= 15 is 0 Å². The zero-order chi connectivity index (χ0) is 45.1. The maximum absolute atomic E-state index is 5.74. The third-order valence-corrected chi connectivity index (χ3v) is 13.6. The van der Waals surface area contributed by atoms with Crippen LogP contribution in [0.2, 0.25) is 0 Å². The number of aromatic amines is 1. The van der Waals surface area contributed by atoms with E-state index in [1.807, 2.05) is 6.20 Å². The number of imidazole rings is 1. The topological polar surface area (TPSA) is 51.4 Å². The first-order valence-electron chi connectivity index (χ1n) is 22.9. The Bertz CT molecular complexity index is 3690. The summed E-state index contributed by atoms with van der Waals surface area (Å²) >= 11 is 0. The molecule has 0 fully saturated rings. The zero-order valence-electron chi connectivity index (χ0n) is 39.1. The van der Waals surface area contributed by atoms with Crippen molar-refractivity contribution in [2.24, 2.45) is 0 Å². The molecule has 1 N–H and O–H groups in total. The lowest BCUT2D eigenvalue weighted by molar-refractivity contribution is 0.588. The molecule has 0 saturated heterocycles. The van der Waals surface area contributed by atoms with E-state index in [9.17, 15) is 0 Å². The Morgan fingerprint density at radius 1 is 0.508 bits per heavy atom. The van der Waals surface area contributed by atoms with Crippen LogP contribution in [-0.4, -0.2) is 24.1 Å². The molecule has 11 aromatic rings. The van der Waals surface area contributed by atoms with Gasteiger partial charge in [0.25, 0.3) is 0 Å². The number of aromatic nitrogens is 5. The van der Waals surface area contributed by atoms with Crippen LogP contribution < -0.4 is 0 Å². The second-order valence-electron chi connectivity index (χ2n) is 20.3. The Morgan fingerprint density at radius 3 is 2.00 bits per heavy atom. The van der Waals surface area contributed by atoms with Crippen LogP contribution in [0.3, 0.4) is 0 Å². The molecule has 320 valence electrons. The molecular weight excluding hydrogens is 791 g/mol. The van der Waals surface area contributed by atoms with E-state index in [0.29, 0.717) is 0 Å². The van der Waals surface area contributed by atoms with Crippen molar-refractivity contribution >= 4 is 54.6 Å². The molecule has 5 heteroatoms. The Kier molecular flexibility index (Phi) is 9.13. The fourth-order valence-electron chi connectivity index (χ4n) is 10.4. The summed E-state index contributed by atoms with van der Waals surface area (Å²) in [5.74, 6) is 1.81. The predicted octanol–water partition coefficient (Wildman–Crippen LogP) is 16.0. The maximum atomic E-state index is 5.74. The monoisotopic (exact) mass is 845 g/mol. The number of nitrogens with zero attached hydrogens (tertiary/aromatic N) is 4. The smallest absolute Gasteiger partial charge is 0.147 e. The van der Waals surface area contributed by atoms with Gasteiger partial charge >= 0.3 is 0 Å². The van der Waals surface area contributed by atoms with Gasteiger partial charge in [0.2, 0.25) is 0 Å². The lowest BCUT2D eigenvalue weighted by Gasteiger charge is -2.20. The molecule has 0 saturated carbocycles. The predicted molar refractivity (Wildman–Crippen MR) is 275 cm³/mol. The first kappa shape index (κ1) is 40.5. The molecule has 65 heavy (non-hydrogen) atoms. The largest absolute Gasteiger partial charge is 0.354 e. The van der Waals surface area contributed by atoms with Gasteiger partial charge in [-0.25, -0.2) is 9.97 Å². The van der Waals surface area contributed by atoms with Crippen LogP contribution in [0.25, 0.3) is 99.8 Å². The number of benzene rings is 7. The van der Waals surface area contributed by atoms with E-state index in [-0.39, 0.29) is 10.8 Å². The van der Waals surface area contributed by atoms with Gasteiger partial charge in [-0.05, 0) is 144 Å². The van der Waals surface area contributed by atoms with Crippen LogP contribution in [0.15, 0.2) is 146 Å². The highest BCUT2D eigenvalue weighted by molar-refractivity contribution is 6.19. The number of H-pyrrole nitrogens is 1. The van der Waals surface area contributed by atoms with Crippen molar-refractivity contribution in [1.29, 1.82) is 0 Å². The number of para-hydroxylation sites is 2. The Hall–Kier alpha value is -7.24. The van der Waals surface area contributed by atoms with Crippen molar-refractivity contribution in [2.75, 3.05) is 0 Å². The highest BCUT2D eigenvalue weighted by Gasteiger charge is 2.25. The number of fused-ring (bicyclic) bond motifs is 7. The van der Waals surface area contributed by atoms with E-state index in [2.05, 4.69) is 223 Å². The standard InChI is InChI=1S/C60H55N5/c1-35-19-26-50-47(31-35)44-22-20-39(32-52(44)65(50)53-34-41(27-28-61-53)60(8,9)10)43-17-14-18-51-56(43)63-58(64(51)42-15-12-11-13-16-42)46-24-23-45(54-37(3)29-36(2)30-38(54)4)55-48-33-40(59(5,6)7)21-25-49(48)62-57(46)55/h11-34,62H,1-10H3. The van der Waals surface area contributed by atoms with Gasteiger partial charge in [-0.15, -0.1) is 0 Å². The molecule has 0 unspecified atom stereocenters. The van der Waals surface area contributed by atoms with Crippen LogP contribution >= 0.6 is 0 Å². The molecule has 0 spiro atoms. The summed E-state index contributed by atoms with van der Waals surface area (Å²) in [6.07, 6.45) is 1.95. The van der Waals surface area contributed by atoms with Gasteiger partial charge < -0.3 is 4.98 Å². The van der Waals surface area contributed by atoms with Crippen molar-refractivity contribution in [1.82, 2.24) is 24.1 Å². The molecule has 4 heterocycles. The molecule has 0 radical (unpaired) electrons. The highest BCUT2D eigenvalue weighted by atomic mass is 15.1. The first-order valence-corrected chi connectivity index (χ1v) is 22.9. The van der Waals surface area contributed by atoms with Crippen molar-refractivity contribution in [3.05, 3.63) is 179 Å². The number of hydrogen-bond acceptors (Lipinski definition) is 2. The quantitative estimate of drug-likeness (QED) is 0.188. The summed E-state index contributed by atoms with van der Waals surface area (Å²) in [7, 11) is 0. The minimum atomic E-state index is -0.0181. The fraction of sp³-hybridized carbons (Fsp3) is 0.200. The molecule has 7 aromatic carbocycles. The average Bonchev–Trinajstić information content (AvgIpc) is 3.95. The molecular formula is C60H55N5. The minimum Gasteiger partial charge on any atom is -0.354 e. The van der Waals surface area contributed by atoms with Gasteiger partial charge in [0.15, 0.2) is 0 Å². The number of nitrogens with one attached hydrogen (secondary N) is 1. The van der Waals surface area contributed by atoms with Gasteiger partial charge in [-0.3, -0.25) is 9.13 Å². The van der Waals surface area contributed by atoms with E-state index in [1.54, 1.807) is 0 Å². The Morgan fingerprint density at radius 2 is 1.25 bits per heavy atom. The van der Waals surface area contributed by atoms with Crippen LogP contribution in [0, 0.1) is 27.7 Å². The third-order valence-electron chi connectivity index (χ3n) is 13.6. The van der Waals surface area contributed by atoms with Gasteiger partial charge in [0.05, 0.1) is 27.6 Å². The molecule has 4 aromatic heterocycles. The molecule has 5 nitrogen and oxygen atoms in total. The van der Waals surface area contributed by atoms with Crippen LogP contribution in [-0.2, 0) is 10.8 Å². The van der Waals surface area contributed by atoms with Crippen LogP contribution in [0.5, 0.6) is 0 Å². The summed E-state index contributed by atoms with van der Waals surface area (Å²) in [6, 6.07) is 51.6. The van der Waals surface area contributed by atoms with Gasteiger partial charge in [0.1, 0.15) is 11.6 Å². The van der Waals surface area contributed by atoms with Crippen LogP contribution in [0.1, 0.15) is 74.9 Å². The molecule has 0 bridgehead atoms. The van der Waals surface area contributed by atoms with Gasteiger partial charge in [-0.2, -0.15) is 0 Å². The number of hydrogen-bond donors (Lipinski definition) is 1. The number of rotatable bonds is 5. The normalized spacial score (nSPS) is 12.5. The van der Waals surface area contributed by atoms with Crippen molar-refractivity contribution in [2.45, 2.75) is 80.1 Å². The highest BCUT2D eigenvalue weighted by Crippen LogP contribution is 2.45. The van der Waals surface area contributed by atoms with E-state index in [0.717, 1.165) is 67.1 Å². The minimum absolute atomic E-state index is 0.00770. The molecule has 0 aliphatic heterocycles. The maximum Gasteiger partial charge on any atom is 0.147 e. The summed E-state index contributed by atoms with van der Waals surface area (Å²) in [5, 5.41) is 4.88. The molecule has 0 aliphatic carbocycles. The molecule has 0 atom stereocenters. The number of pyridine rings is 1. The Balaban J connectivity index is 1.19. The van der Waals surface area contributed by atoms with Crippen LogP contribution in [0.4, 0.5) is 0 Å². The summed E-state index contributed by atoms with van der Waals surface area (Å²) in [6.45, 7) is 22.5. The SMILES string of the molecule is Cc1cc(C)c(-c2ccc(-c3nc4c(-c5ccc6c7cc(C)ccc7n(-c7cc(C(C)(C)C)ccn7)c6c5)cccc4n3-c3ccccc3)c3[nH]c4ccc(C(C)(C)C)cc4c23)c(C)c1. The van der Waals surface area contributed by atoms with Crippen molar-refractivity contribution < 1.29 is 0 Å². The van der Waals surface area contributed by atoms with Gasteiger partial charge in [0, 0.05) is 50.1 Å². The second kappa shape index (κ2) is 14.6. The molecule has 0 aliphatic rings. The van der Waals surface area contributed by atoms with Gasteiger partial charge in [-0.1, -0.05) is 125 Å².